The van der Waals surface area contributed by atoms with Crippen LogP contribution in [0.1, 0.15) is 29.4 Å². The minimum atomic E-state index is -0.434. The zero-order valence-corrected chi connectivity index (χ0v) is 16.6. The van der Waals surface area contributed by atoms with Crippen molar-refractivity contribution in [3.8, 4) is 5.75 Å². The number of carbonyl (C=O) groups is 2. The molecule has 1 aromatic carbocycles. The summed E-state index contributed by atoms with van der Waals surface area (Å²) < 4.78 is 17.5. The Morgan fingerprint density at radius 3 is 2.67 bits per heavy atom. The van der Waals surface area contributed by atoms with Gasteiger partial charge in [0.15, 0.2) is 6.61 Å². The lowest BCUT2D eigenvalue weighted by atomic mass is 10.0. The van der Waals surface area contributed by atoms with Crippen LogP contribution in [0.3, 0.4) is 0 Å². The molecule has 0 N–H and O–H groups in total. The summed E-state index contributed by atoms with van der Waals surface area (Å²) in [5.74, 6) is -0.00275. The number of ether oxygens (including phenoxy) is 2. The number of aromatic nitrogens is 1. The van der Waals surface area contributed by atoms with Crippen molar-refractivity contribution in [1.82, 2.24) is 9.47 Å². The van der Waals surface area contributed by atoms with Gasteiger partial charge in [0, 0.05) is 42.8 Å². The summed E-state index contributed by atoms with van der Waals surface area (Å²) >= 11 is 0. The summed E-state index contributed by atoms with van der Waals surface area (Å²) in [4.78, 5) is 37.6. The maximum Gasteiger partial charge on any atom is 0.354 e. The van der Waals surface area contributed by atoms with Crippen LogP contribution in [-0.4, -0.2) is 48.1 Å². The van der Waals surface area contributed by atoms with Crippen LogP contribution in [0.25, 0.3) is 11.0 Å². The number of methoxy groups -OCH3 is 1. The van der Waals surface area contributed by atoms with Crippen molar-refractivity contribution in [1.29, 1.82) is 0 Å². The second kappa shape index (κ2) is 8.44. The fourth-order valence-corrected chi connectivity index (χ4v) is 3.75. The van der Waals surface area contributed by atoms with Crippen molar-refractivity contribution in [2.24, 2.45) is 0 Å². The molecular weight excluding hydrogens is 388 g/mol. The lowest BCUT2D eigenvalue weighted by Crippen LogP contribution is -2.41. The molecular formula is C22H22N2O6. The summed E-state index contributed by atoms with van der Waals surface area (Å²) in [6.45, 7) is 1.07. The molecule has 8 nitrogen and oxygen atoms in total. The van der Waals surface area contributed by atoms with Gasteiger partial charge in [-0.3, -0.25) is 4.79 Å². The first-order valence-corrected chi connectivity index (χ1v) is 9.75. The van der Waals surface area contributed by atoms with Crippen LogP contribution in [0.4, 0.5) is 0 Å². The van der Waals surface area contributed by atoms with Gasteiger partial charge < -0.3 is 23.4 Å². The number of hydrogen-bond acceptors (Lipinski definition) is 6. The third-order valence-electron chi connectivity index (χ3n) is 5.34. The summed E-state index contributed by atoms with van der Waals surface area (Å²) in [5.41, 5.74) is 0.506. The smallest absolute Gasteiger partial charge is 0.354 e. The van der Waals surface area contributed by atoms with Gasteiger partial charge >= 0.3 is 11.6 Å². The number of fused-ring (bicyclic) bond motifs is 1. The highest BCUT2D eigenvalue weighted by atomic mass is 16.5. The number of esters is 1. The van der Waals surface area contributed by atoms with Crippen molar-refractivity contribution in [3.63, 3.8) is 0 Å². The van der Waals surface area contributed by atoms with Gasteiger partial charge in [-0.2, -0.15) is 0 Å². The molecule has 0 spiro atoms. The van der Waals surface area contributed by atoms with Crippen LogP contribution in [0.5, 0.6) is 5.75 Å². The van der Waals surface area contributed by atoms with Crippen LogP contribution in [0, 0.1) is 0 Å². The highest BCUT2D eigenvalue weighted by Crippen LogP contribution is 2.25. The number of piperidine rings is 1. The average Bonchev–Trinajstić information content (AvgIpc) is 3.26. The Kier molecular flexibility index (Phi) is 5.56. The maximum absolute atomic E-state index is 12.6. The normalized spacial score (nSPS) is 14.6. The maximum atomic E-state index is 12.6. The number of amides is 1. The van der Waals surface area contributed by atoms with Gasteiger partial charge in [0.2, 0.25) is 0 Å². The second-order valence-corrected chi connectivity index (χ2v) is 7.15. The summed E-state index contributed by atoms with van der Waals surface area (Å²) in [7, 11) is 1.37. The van der Waals surface area contributed by atoms with Gasteiger partial charge in [0.05, 0.1) is 7.11 Å². The first kappa shape index (κ1) is 19.8. The fourth-order valence-electron chi connectivity index (χ4n) is 3.75. The molecule has 30 heavy (non-hydrogen) atoms. The third kappa shape index (κ3) is 4.07. The Labute approximate surface area is 172 Å². The topological polar surface area (TPSA) is 91.0 Å². The van der Waals surface area contributed by atoms with Crippen molar-refractivity contribution in [2.45, 2.75) is 18.9 Å². The molecule has 2 aromatic heterocycles. The van der Waals surface area contributed by atoms with Gasteiger partial charge in [0.1, 0.15) is 17.0 Å². The molecule has 1 amide bonds. The van der Waals surface area contributed by atoms with E-state index < -0.39 is 5.63 Å². The highest BCUT2D eigenvalue weighted by molar-refractivity contribution is 5.87. The molecule has 156 valence electrons. The summed E-state index contributed by atoms with van der Waals surface area (Å²) in [6, 6.07) is 11.9. The Morgan fingerprint density at radius 2 is 1.90 bits per heavy atom. The molecule has 0 bridgehead atoms. The Bertz CT molecular complexity index is 1120. The van der Waals surface area contributed by atoms with E-state index in [2.05, 4.69) is 0 Å². The highest BCUT2D eigenvalue weighted by Gasteiger charge is 2.26. The zero-order valence-electron chi connectivity index (χ0n) is 16.6. The lowest BCUT2D eigenvalue weighted by Gasteiger charge is -2.33. The zero-order chi connectivity index (χ0) is 21.1. The number of carbonyl (C=O) groups excluding carboxylic acids is 2. The molecule has 1 aliphatic rings. The van der Waals surface area contributed by atoms with E-state index >= 15 is 0 Å². The van der Waals surface area contributed by atoms with E-state index in [1.54, 1.807) is 35.2 Å². The quantitative estimate of drug-likeness (QED) is 0.474. The molecule has 3 aromatic rings. The molecule has 0 aliphatic carbocycles. The van der Waals surface area contributed by atoms with E-state index in [1.165, 1.54) is 13.2 Å². The monoisotopic (exact) mass is 410 g/mol. The van der Waals surface area contributed by atoms with Crippen molar-refractivity contribution >= 4 is 22.8 Å². The van der Waals surface area contributed by atoms with E-state index in [0.717, 1.165) is 18.2 Å². The Balaban J connectivity index is 1.33. The Hall–Kier alpha value is -3.55. The minimum Gasteiger partial charge on any atom is -0.484 e. The van der Waals surface area contributed by atoms with E-state index in [-0.39, 0.29) is 24.5 Å². The van der Waals surface area contributed by atoms with E-state index in [4.69, 9.17) is 13.9 Å². The van der Waals surface area contributed by atoms with Gasteiger partial charge in [0.25, 0.3) is 5.91 Å². The summed E-state index contributed by atoms with van der Waals surface area (Å²) in [5, 5.41) is 0.784. The van der Waals surface area contributed by atoms with Gasteiger partial charge in [-0.1, -0.05) is 0 Å². The first-order chi connectivity index (χ1) is 14.5. The minimum absolute atomic E-state index is 0.0931. The van der Waals surface area contributed by atoms with Gasteiger partial charge in [-0.15, -0.1) is 0 Å². The van der Waals surface area contributed by atoms with Crippen molar-refractivity contribution < 1.29 is 23.5 Å². The van der Waals surface area contributed by atoms with E-state index in [9.17, 15) is 14.4 Å². The third-order valence-corrected chi connectivity index (χ3v) is 5.34. The molecule has 1 fully saturated rings. The molecule has 1 saturated heterocycles. The van der Waals surface area contributed by atoms with Crippen molar-refractivity contribution in [3.05, 3.63) is 64.8 Å². The predicted molar refractivity (Wildman–Crippen MR) is 109 cm³/mol. The molecule has 0 unspecified atom stereocenters. The summed E-state index contributed by atoms with van der Waals surface area (Å²) in [6.07, 6.45) is 3.35. The van der Waals surface area contributed by atoms with Crippen LogP contribution in [0.15, 0.2) is 57.9 Å². The van der Waals surface area contributed by atoms with Crippen LogP contribution >= 0.6 is 0 Å². The molecule has 1 aliphatic heterocycles. The molecule has 4 rings (SSSR count). The number of nitrogens with zero attached hydrogens (tertiary/aromatic N) is 2. The van der Waals surface area contributed by atoms with E-state index in [0.29, 0.717) is 30.1 Å². The van der Waals surface area contributed by atoms with Crippen LogP contribution in [0.2, 0.25) is 0 Å². The number of likely N-dealkylation sites (tertiary alicyclic amines) is 1. The number of benzene rings is 1. The van der Waals surface area contributed by atoms with Gasteiger partial charge in [-0.05, 0) is 43.2 Å². The van der Waals surface area contributed by atoms with Gasteiger partial charge in [-0.25, -0.2) is 9.59 Å². The lowest BCUT2D eigenvalue weighted by molar-refractivity contribution is -0.134. The average molecular weight is 410 g/mol. The standard InChI is InChI=1S/C22H22N2O6/c1-28-22(27)18-3-2-10-24(18)16-8-11-23(12-9-16)20(25)14-29-17-6-4-15-5-7-21(26)30-19(15)13-17/h2-7,10,13,16H,8-9,11-12,14H2,1H3. The predicted octanol–water partition coefficient (Wildman–Crippen LogP) is 2.62. The largest absolute Gasteiger partial charge is 0.484 e. The molecule has 0 radical (unpaired) electrons. The number of hydrogen-bond donors (Lipinski definition) is 0. The van der Waals surface area contributed by atoms with E-state index in [1.807, 2.05) is 16.8 Å². The molecule has 0 atom stereocenters. The van der Waals surface area contributed by atoms with Crippen LogP contribution in [-0.2, 0) is 9.53 Å². The molecule has 0 saturated carbocycles. The fraction of sp³-hybridized carbons (Fsp3) is 0.318. The van der Waals surface area contributed by atoms with Crippen LogP contribution < -0.4 is 10.4 Å². The SMILES string of the molecule is COC(=O)c1cccn1C1CCN(C(=O)COc2ccc3ccc(=O)oc3c2)CC1. The molecule has 8 heteroatoms. The van der Waals surface area contributed by atoms with Crippen molar-refractivity contribution in [2.75, 3.05) is 26.8 Å². The molecule has 3 heterocycles. The Morgan fingerprint density at radius 1 is 1.13 bits per heavy atom. The number of rotatable bonds is 5. The second-order valence-electron chi connectivity index (χ2n) is 7.15. The first-order valence-electron chi connectivity index (χ1n) is 9.75.